The summed E-state index contributed by atoms with van der Waals surface area (Å²) in [5.74, 6) is 6.37. The molecule has 0 radical (unpaired) electrons. The number of rotatable bonds is 3. The minimum absolute atomic E-state index is 0.273. The first-order valence-corrected chi connectivity index (χ1v) is 6.19. The topological polar surface area (TPSA) is 50.9 Å². The number of nitrogens with two attached hydrogens (primary N) is 1. The quantitative estimate of drug-likeness (QED) is 0.626. The van der Waals surface area contributed by atoms with E-state index < -0.39 is 0 Å². The summed E-state index contributed by atoms with van der Waals surface area (Å²) in [4.78, 5) is 4.39. The highest BCUT2D eigenvalue weighted by Gasteiger charge is 2.27. The number of nitrogens with one attached hydrogen (secondary N) is 1. The van der Waals surface area contributed by atoms with Gasteiger partial charge in [-0.15, -0.1) is 0 Å². The van der Waals surface area contributed by atoms with Crippen LogP contribution < -0.4 is 11.3 Å². The molecule has 1 aromatic carbocycles. The van der Waals surface area contributed by atoms with E-state index in [1.165, 1.54) is 30.2 Å². The van der Waals surface area contributed by atoms with Gasteiger partial charge in [0.2, 0.25) is 0 Å². The highest BCUT2D eigenvalue weighted by Crippen LogP contribution is 2.37. The highest BCUT2D eigenvalue weighted by atomic mass is 15.2. The second kappa shape index (κ2) is 4.43. The van der Waals surface area contributed by atoms with E-state index in [-0.39, 0.29) is 6.04 Å². The lowest BCUT2D eigenvalue weighted by atomic mass is 9.77. The molecule has 3 N–H and O–H groups in total. The van der Waals surface area contributed by atoms with E-state index in [9.17, 15) is 0 Å². The van der Waals surface area contributed by atoms with E-state index in [0.29, 0.717) is 5.92 Å². The average molecular weight is 227 g/mol. The molecule has 0 amide bonds. The van der Waals surface area contributed by atoms with Crippen molar-refractivity contribution >= 4 is 10.9 Å². The van der Waals surface area contributed by atoms with Crippen LogP contribution in [-0.2, 0) is 0 Å². The van der Waals surface area contributed by atoms with Crippen LogP contribution in [0.15, 0.2) is 36.5 Å². The predicted octanol–water partition coefficient (Wildman–Crippen LogP) is 2.54. The van der Waals surface area contributed by atoms with E-state index in [2.05, 4.69) is 34.7 Å². The van der Waals surface area contributed by atoms with E-state index in [1.807, 2.05) is 12.3 Å². The molecule has 1 saturated carbocycles. The number of hydrogen-bond donors (Lipinski definition) is 2. The number of nitrogens with zero attached hydrogens (tertiary/aromatic N) is 1. The molecule has 3 nitrogen and oxygen atoms in total. The Balaban J connectivity index is 1.98. The van der Waals surface area contributed by atoms with Crippen LogP contribution in [0.4, 0.5) is 0 Å². The molecule has 17 heavy (non-hydrogen) atoms. The van der Waals surface area contributed by atoms with Crippen LogP contribution in [0.2, 0.25) is 0 Å². The van der Waals surface area contributed by atoms with Crippen LogP contribution in [0, 0.1) is 5.92 Å². The summed E-state index contributed by atoms with van der Waals surface area (Å²) in [7, 11) is 0. The van der Waals surface area contributed by atoms with Crippen LogP contribution in [-0.4, -0.2) is 4.98 Å². The summed E-state index contributed by atoms with van der Waals surface area (Å²) in [6.45, 7) is 0. The lowest BCUT2D eigenvalue weighted by molar-refractivity contribution is 0.232. The van der Waals surface area contributed by atoms with Crippen LogP contribution >= 0.6 is 0 Å². The van der Waals surface area contributed by atoms with Crippen molar-refractivity contribution in [3.8, 4) is 0 Å². The SMILES string of the molecule is NNC(c1ccc2cccnc2c1)C1CCC1. The summed E-state index contributed by atoms with van der Waals surface area (Å²) in [5, 5.41) is 1.18. The molecular formula is C14H17N3. The first-order valence-electron chi connectivity index (χ1n) is 6.19. The van der Waals surface area contributed by atoms with Gasteiger partial charge in [-0.05, 0) is 36.5 Å². The molecule has 1 unspecified atom stereocenters. The molecule has 3 rings (SSSR count). The van der Waals surface area contributed by atoms with Crippen molar-refractivity contribution in [3.63, 3.8) is 0 Å². The largest absolute Gasteiger partial charge is 0.271 e. The fourth-order valence-electron chi connectivity index (χ4n) is 2.55. The second-order valence-electron chi connectivity index (χ2n) is 4.79. The number of hydrazine groups is 1. The van der Waals surface area contributed by atoms with Gasteiger partial charge in [-0.25, -0.2) is 0 Å². The van der Waals surface area contributed by atoms with Crippen molar-refractivity contribution in [1.29, 1.82) is 0 Å². The van der Waals surface area contributed by atoms with Gasteiger partial charge < -0.3 is 0 Å². The number of hydrogen-bond acceptors (Lipinski definition) is 3. The third-order valence-corrected chi connectivity index (χ3v) is 3.79. The first kappa shape index (κ1) is 10.7. The van der Waals surface area contributed by atoms with E-state index in [0.717, 1.165) is 5.52 Å². The van der Waals surface area contributed by atoms with Crippen LogP contribution in [0.1, 0.15) is 30.9 Å². The van der Waals surface area contributed by atoms with Crippen molar-refractivity contribution in [2.24, 2.45) is 11.8 Å². The smallest absolute Gasteiger partial charge is 0.0705 e. The molecule has 0 aliphatic heterocycles. The normalized spacial score (nSPS) is 17.9. The summed E-state index contributed by atoms with van der Waals surface area (Å²) in [6, 6.07) is 10.8. The minimum atomic E-state index is 0.273. The molecule has 1 fully saturated rings. The van der Waals surface area contributed by atoms with Crippen molar-refractivity contribution < 1.29 is 0 Å². The van der Waals surface area contributed by atoms with Crippen LogP contribution in [0.25, 0.3) is 10.9 Å². The van der Waals surface area contributed by atoms with Gasteiger partial charge in [0, 0.05) is 17.6 Å². The number of benzene rings is 1. The second-order valence-corrected chi connectivity index (χ2v) is 4.79. The molecule has 1 aliphatic carbocycles. The molecule has 1 aromatic heterocycles. The maximum atomic E-state index is 5.69. The van der Waals surface area contributed by atoms with Gasteiger partial charge in [-0.3, -0.25) is 16.3 Å². The number of fused-ring (bicyclic) bond motifs is 1. The Hall–Kier alpha value is -1.45. The van der Waals surface area contributed by atoms with Gasteiger partial charge in [0.05, 0.1) is 5.52 Å². The van der Waals surface area contributed by atoms with E-state index in [1.54, 1.807) is 0 Å². The third kappa shape index (κ3) is 1.92. The molecular weight excluding hydrogens is 210 g/mol. The summed E-state index contributed by atoms with van der Waals surface area (Å²) in [6.07, 6.45) is 5.71. The first-order chi connectivity index (χ1) is 8.38. The Morgan fingerprint density at radius 2 is 2.18 bits per heavy atom. The van der Waals surface area contributed by atoms with E-state index >= 15 is 0 Å². The van der Waals surface area contributed by atoms with Crippen molar-refractivity contribution in [2.45, 2.75) is 25.3 Å². The Morgan fingerprint density at radius 1 is 1.29 bits per heavy atom. The zero-order chi connectivity index (χ0) is 11.7. The van der Waals surface area contributed by atoms with Gasteiger partial charge >= 0.3 is 0 Å². The van der Waals surface area contributed by atoms with Crippen molar-refractivity contribution in [3.05, 3.63) is 42.1 Å². The van der Waals surface area contributed by atoms with Gasteiger partial charge in [-0.1, -0.05) is 24.6 Å². The molecule has 88 valence electrons. The van der Waals surface area contributed by atoms with Gasteiger partial charge in [0.1, 0.15) is 0 Å². The van der Waals surface area contributed by atoms with Crippen LogP contribution in [0.5, 0.6) is 0 Å². The van der Waals surface area contributed by atoms with Gasteiger partial charge in [-0.2, -0.15) is 0 Å². The Bertz CT molecular complexity index is 520. The Labute approximate surface area is 101 Å². The molecule has 1 aliphatic rings. The molecule has 1 heterocycles. The minimum Gasteiger partial charge on any atom is -0.271 e. The Kier molecular flexibility index (Phi) is 2.79. The van der Waals surface area contributed by atoms with E-state index in [4.69, 9.17) is 5.84 Å². The molecule has 3 heteroatoms. The van der Waals surface area contributed by atoms with Gasteiger partial charge in [0.15, 0.2) is 0 Å². The number of aromatic nitrogens is 1. The zero-order valence-corrected chi connectivity index (χ0v) is 9.76. The van der Waals surface area contributed by atoms with Gasteiger partial charge in [0.25, 0.3) is 0 Å². The lowest BCUT2D eigenvalue weighted by Gasteiger charge is -2.33. The molecule has 2 aromatic rings. The maximum absolute atomic E-state index is 5.69. The molecule has 0 saturated heterocycles. The highest BCUT2D eigenvalue weighted by molar-refractivity contribution is 5.79. The van der Waals surface area contributed by atoms with Crippen molar-refractivity contribution in [1.82, 2.24) is 10.4 Å². The fourth-order valence-corrected chi connectivity index (χ4v) is 2.55. The molecule has 0 bridgehead atoms. The monoisotopic (exact) mass is 227 g/mol. The summed E-state index contributed by atoms with van der Waals surface area (Å²) in [5.41, 5.74) is 5.26. The zero-order valence-electron chi connectivity index (χ0n) is 9.76. The average Bonchev–Trinajstić information content (AvgIpc) is 2.33. The van der Waals surface area contributed by atoms with Crippen molar-refractivity contribution in [2.75, 3.05) is 0 Å². The standard InChI is InChI=1S/C14H17N3/c15-17-14(11-3-1-4-11)12-7-6-10-5-2-8-16-13(10)9-12/h2,5-9,11,14,17H,1,3-4,15H2. The summed E-state index contributed by atoms with van der Waals surface area (Å²) >= 11 is 0. The lowest BCUT2D eigenvalue weighted by Crippen LogP contribution is -2.36. The fraction of sp³-hybridized carbons (Fsp3) is 0.357. The third-order valence-electron chi connectivity index (χ3n) is 3.79. The molecule has 0 spiro atoms. The number of pyridine rings is 1. The Morgan fingerprint density at radius 3 is 2.88 bits per heavy atom. The van der Waals surface area contributed by atoms with Crippen LogP contribution in [0.3, 0.4) is 0 Å². The maximum Gasteiger partial charge on any atom is 0.0705 e. The predicted molar refractivity (Wildman–Crippen MR) is 69.1 cm³/mol. The molecule has 1 atom stereocenters. The summed E-state index contributed by atoms with van der Waals surface area (Å²) < 4.78 is 0.